The minimum Gasteiger partial charge on any atom is -0.384 e. The summed E-state index contributed by atoms with van der Waals surface area (Å²) < 4.78 is 34.4. The molecule has 0 aromatic carbocycles. The molecule has 1 aliphatic carbocycles. The number of ether oxygens (including phenoxy) is 1. The van der Waals surface area contributed by atoms with Crippen LogP contribution in [0.1, 0.15) is 18.7 Å². The highest BCUT2D eigenvalue weighted by molar-refractivity contribution is 5.82. The van der Waals surface area contributed by atoms with Crippen molar-refractivity contribution < 1.29 is 13.5 Å². The number of hydrogen-bond acceptors (Lipinski definition) is 6. The van der Waals surface area contributed by atoms with Gasteiger partial charge in [0.2, 0.25) is 5.95 Å². The lowest BCUT2D eigenvalue weighted by Gasteiger charge is -2.35. The highest BCUT2D eigenvalue weighted by Crippen LogP contribution is 2.30. The Morgan fingerprint density at radius 2 is 2.06 bits per heavy atom. The zero-order valence-corrected chi connectivity index (χ0v) is 17.3. The van der Waals surface area contributed by atoms with Gasteiger partial charge in [-0.3, -0.25) is 0 Å². The van der Waals surface area contributed by atoms with E-state index in [1.807, 2.05) is 18.3 Å². The van der Waals surface area contributed by atoms with Gasteiger partial charge in [-0.15, -0.1) is 5.10 Å². The molecule has 162 valence electrons. The Bertz CT molecular complexity index is 1230. The van der Waals surface area contributed by atoms with Crippen LogP contribution in [0.5, 0.6) is 0 Å². The number of fused-ring (bicyclic) bond motifs is 2. The molecule has 0 radical (unpaired) electrons. The van der Waals surface area contributed by atoms with Crippen molar-refractivity contribution in [2.75, 3.05) is 19.0 Å². The number of hydrogen-bond donors (Lipinski definition) is 1. The van der Waals surface area contributed by atoms with Gasteiger partial charge in [-0.2, -0.15) is 0 Å². The summed E-state index contributed by atoms with van der Waals surface area (Å²) in [7, 11) is 1.72. The van der Waals surface area contributed by atoms with Gasteiger partial charge >= 0.3 is 0 Å². The van der Waals surface area contributed by atoms with Gasteiger partial charge in [-0.25, -0.2) is 28.2 Å². The predicted octanol–water partition coefficient (Wildman–Crippen LogP) is 3.55. The van der Waals surface area contributed by atoms with E-state index in [1.165, 1.54) is 4.57 Å². The van der Waals surface area contributed by atoms with Gasteiger partial charge in [-0.05, 0) is 43.9 Å². The third-order valence-electron chi connectivity index (χ3n) is 5.77. The molecule has 8 nitrogen and oxygen atoms in total. The maximum atomic E-state index is 13.0. The van der Waals surface area contributed by atoms with Crippen molar-refractivity contribution in [2.24, 2.45) is 5.92 Å². The summed E-state index contributed by atoms with van der Waals surface area (Å²) in [4.78, 5) is 13.4. The van der Waals surface area contributed by atoms with Gasteiger partial charge in [0.25, 0.3) is 6.43 Å². The second-order valence-electron chi connectivity index (χ2n) is 7.97. The molecule has 0 amide bonds. The summed E-state index contributed by atoms with van der Waals surface area (Å²) >= 11 is 0. The van der Waals surface area contributed by atoms with Crippen molar-refractivity contribution in [3.05, 3.63) is 36.4 Å². The number of pyridine rings is 1. The van der Waals surface area contributed by atoms with E-state index >= 15 is 0 Å². The molecule has 10 heteroatoms. The van der Waals surface area contributed by atoms with Crippen LogP contribution in [0, 0.1) is 12.8 Å². The summed E-state index contributed by atoms with van der Waals surface area (Å²) in [5.41, 5.74) is 3.33. The Balaban J connectivity index is 1.42. The largest absolute Gasteiger partial charge is 0.384 e. The maximum absolute atomic E-state index is 13.0. The standard InChI is InChI=1S/C21H23F2N7O/c1-12-25-17-4-3-16(27-20(17)29(12)10-19(22)23)15-5-6-30-18(15)9-24-21(28-30)26-14-7-13(8-14)11-31-2/h3-6,9,13-14,19H,7-8,10-11H2,1-2H3,(H,26,28). The number of anilines is 1. The fraction of sp³-hybridized carbons (Fsp3) is 0.429. The van der Waals surface area contributed by atoms with Crippen molar-refractivity contribution >= 4 is 22.6 Å². The van der Waals surface area contributed by atoms with Crippen LogP contribution >= 0.6 is 0 Å². The molecule has 1 aliphatic rings. The van der Waals surface area contributed by atoms with E-state index in [-0.39, 0.29) is 0 Å². The van der Waals surface area contributed by atoms with Crippen LogP contribution in [0.25, 0.3) is 27.9 Å². The SMILES string of the molecule is COCC1CC(Nc2ncc3c(-c4ccc5nc(C)n(CC(F)F)c5n4)ccn3n2)C1. The average Bonchev–Trinajstić information content (AvgIpc) is 3.26. The molecule has 0 bridgehead atoms. The van der Waals surface area contributed by atoms with Crippen LogP contribution in [0.4, 0.5) is 14.7 Å². The first-order valence-electron chi connectivity index (χ1n) is 10.2. The van der Waals surface area contributed by atoms with Crippen molar-refractivity contribution in [2.45, 2.75) is 38.8 Å². The Labute approximate surface area is 177 Å². The van der Waals surface area contributed by atoms with Crippen molar-refractivity contribution in [3.63, 3.8) is 0 Å². The number of aryl methyl sites for hydroxylation is 1. The monoisotopic (exact) mass is 427 g/mol. The highest BCUT2D eigenvalue weighted by Gasteiger charge is 2.29. The van der Waals surface area contributed by atoms with E-state index < -0.39 is 13.0 Å². The zero-order chi connectivity index (χ0) is 21.5. The molecule has 4 heterocycles. The molecular weight excluding hydrogens is 404 g/mol. The van der Waals surface area contributed by atoms with Crippen LogP contribution in [-0.4, -0.2) is 55.3 Å². The Kier molecular flexibility index (Phi) is 5.01. The van der Waals surface area contributed by atoms with Gasteiger partial charge < -0.3 is 14.6 Å². The molecule has 1 fully saturated rings. The second-order valence-corrected chi connectivity index (χ2v) is 7.97. The molecule has 5 rings (SSSR count). The minimum atomic E-state index is -2.48. The molecule has 4 aromatic heterocycles. The predicted molar refractivity (Wildman–Crippen MR) is 112 cm³/mol. The van der Waals surface area contributed by atoms with E-state index in [0.717, 1.165) is 30.5 Å². The number of rotatable bonds is 7. The fourth-order valence-electron chi connectivity index (χ4n) is 4.21. The quantitative estimate of drug-likeness (QED) is 0.486. The van der Waals surface area contributed by atoms with Gasteiger partial charge in [0, 0.05) is 31.5 Å². The van der Waals surface area contributed by atoms with E-state index in [0.29, 0.717) is 40.6 Å². The summed E-state index contributed by atoms with van der Waals surface area (Å²) in [6, 6.07) is 5.91. The van der Waals surface area contributed by atoms with Crippen molar-refractivity contribution in [1.82, 2.24) is 29.1 Å². The summed E-state index contributed by atoms with van der Waals surface area (Å²) in [5, 5.41) is 7.92. The molecule has 0 unspecified atom stereocenters. The third-order valence-corrected chi connectivity index (χ3v) is 5.77. The number of nitrogens with one attached hydrogen (secondary N) is 1. The van der Waals surface area contributed by atoms with Crippen molar-refractivity contribution in [1.29, 1.82) is 0 Å². The number of aromatic nitrogens is 6. The Morgan fingerprint density at radius 1 is 1.23 bits per heavy atom. The summed E-state index contributed by atoms with van der Waals surface area (Å²) in [6.07, 6.45) is 3.21. The number of halogens is 2. The summed E-state index contributed by atoms with van der Waals surface area (Å²) in [6.45, 7) is 2.06. The highest BCUT2D eigenvalue weighted by atomic mass is 19.3. The minimum absolute atomic E-state index is 0.357. The smallest absolute Gasteiger partial charge is 0.256 e. The first-order chi connectivity index (χ1) is 15.0. The van der Waals surface area contributed by atoms with E-state index in [2.05, 4.69) is 25.4 Å². The first-order valence-corrected chi connectivity index (χ1v) is 10.2. The van der Waals surface area contributed by atoms with E-state index in [1.54, 1.807) is 30.8 Å². The second kappa shape index (κ2) is 7.84. The van der Waals surface area contributed by atoms with Crippen LogP contribution in [0.3, 0.4) is 0 Å². The normalized spacial score (nSPS) is 18.7. The molecule has 1 saturated carbocycles. The molecule has 1 N–H and O–H groups in total. The number of imidazole rings is 1. The molecule has 0 saturated heterocycles. The van der Waals surface area contributed by atoms with Gasteiger partial charge in [0.15, 0.2) is 5.65 Å². The number of alkyl halides is 2. The zero-order valence-electron chi connectivity index (χ0n) is 17.3. The van der Waals surface area contributed by atoms with Crippen LogP contribution < -0.4 is 5.32 Å². The number of nitrogens with zero attached hydrogens (tertiary/aromatic N) is 6. The van der Waals surface area contributed by atoms with Crippen LogP contribution in [-0.2, 0) is 11.3 Å². The lowest BCUT2D eigenvalue weighted by atomic mass is 9.81. The number of methoxy groups -OCH3 is 1. The fourth-order valence-corrected chi connectivity index (χ4v) is 4.21. The van der Waals surface area contributed by atoms with Crippen molar-refractivity contribution in [3.8, 4) is 11.3 Å². The Morgan fingerprint density at radius 3 is 2.84 bits per heavy atom. The van der Waals surface area contributed by atoms with Gasteiger partial charge in [0.1, 0.15) is 11.3 Å². The molecule has 0 spiro atoms. The summed E-state index contributed by atoms with van der Waals surface area (Å²) in [5.74, 6) is 1.68. The lowest BCUT2D eigenvalue weighted by Crippen LogP contribution is -2.38. The first kappa shape index (κ1) is 19.8. The molecule has 0 aliphatic heterocycles. The van der Waals surface area contributed by atoms with Crippen LogP contribution in [0.2, 0.25) is 0 Å². The maximum Gasteiger partial charge on any atom is 0.256 e. The molecule has 4 aromatic rings. The van der Waals surface area contributed by atoms with Gasteiger partial charge in [0.05, 0.1) is 24.0 Å². The van der Waals surface area contributed by atoms with E-state index in [4.69, 9.17) is 4.74 Å². The Hall–Kier alpha value is -3.14. The molecular formula is C21H23F2N7O. The topological polar surface area (TPSA) is 82.2 Å². The van der Waals surface area contributed by atoms with Crippen LogP contribution in [0.15, 0.2) is 30.6 Å². The third kappa shape index (κ3) is 3.71. The van der Waals surface area contributed by atoms with E-state index in [9.17, 15) is 8.78 Å². The molecule has 31 heavy (non-hydrogen) atoms. The average molecular weight is 427 g/mol. The van der Waals surface area contributed by atoms with Gasteiger partial charge in [-0.1, -0.05) is 0 Å². The lowest BCUT2D eigenvalue weighted by molar-refractivity contribution is 0.104. The molecule has 0 atom stereocenters.